The van der Waals surface area contributed by atoms with Crippen molar-refractivity contribution in [3.05, 3.63) is 66.0 Å². The summed E-state index contributed by atoms with van der Waals surface area (Å²) in [6.45, 7) is 0.377. The highest BCUT2D eigenvalue weighted by molar-refractivity contribution is 5.73. The summed E-state index contributed by atoms with van der Waals surface area (Å²) in [6.07, 6.45) is 7.40. The molecule has 1 aliphatic carbocycles. The quantitative estimate of drug-likeness (QED) is 0.718. The number of hydrogen-bond acceptors (Lipinski definition) is 4. The molecule has 1 saturated carbocycles. The van der Waals surface area contributed by atoms with Crippen LogP contribution >= 0.6 is 0 Å². The van der Waals surface area contributed by atoms with Gasteiger partial charge in [-0.1, -0.05) is 43.5 Å². The van der Waals surface area contributed by atoms with E-state index in [1.807, 2.05) is 48.5 Å². The highest BCUT2D eigenvalue weighted by atomic mass is 16.5. The number of aliphatic hydroxyl groups is 1. The molecule has 26 heavy (non-hydrogen) atoms. The minimum Gasteiger partial charge on any atom is -0.487 e. The van der Waals surface area contributed by atoms with Gasteiger partial charge in [-0.25, -0.2) is 4.98 Å². The van der Waals surface area contributed by atoms with E-state index < -0.39 is 0 Å². The minimum atomic E-state index is -0.365. The Hall–Kier alpha value is -2.46. The molecular formula is C22H24N2O2. The highest BCUT2D eigenvalue weighted by Crippen LogP contribution is 2.34. The number of benzene rings is 2. The molecule has 1 aromatic heterocycles. The zero-order valence-electron chi connectivity index (χ0n) is 14.8. The van der Waals surface area contributed by atoms with Crippen molar-refractivity contribution >= 4 is 11.0 Å². The molecular weight excluding hydrogens is 324 g/mol. The molecule has 1 fully saturated rings. The largest absolute Gasteiger partial charge is 0.487 e. The zero-order chi connectivity index (χ0) is 17.8. The van der Waals surface area contributed by atoms with E-state index >= 15 is 0 Å². The van der Waals surface area contributed by atoms with Gasteiger partial charge in [-0.3, -0.25) is 4.98 Å². The summed E-state index contributed by atoms with van der Waals surface area (Å²) < 4.78 is 5.84. The normalized spacial score (nSPS) is 16.5. The Labute approximate surface area is 153 Å². The molecule has 1 unspecified atom stereocenters. The van der Waals surface area contributed by atoms with Gasteiger partial charge in [0.15, 0.2) is 0 Å². The van der Waals surface area contributed by atoms with Crippen LogP contribution in [0, 0.1) is 5.92 Å². The summed E-state index contributed by atoms with van der Waals surface area (Å²) in [4.78, 5) is 8.98. The van der Waals surface area contributed by atoms with Crippen LogP contribution < -0.4 is 4.74 Å². The lowest BCUT2D eigenvalue weighted by atomic mass is 9.83. The standard InChI is InChI=1S/C22H24N2O2/c25-22(16-6-2-1-3-7-16)17-10-12-19(13-11-17)26-15-18-14-23-20-8-4-5-9-21(20)24-18/h4-5,8-14,16,22,25H,1-3,6-7,15H2. The zero-order valence-corrected chi connectivity index (χ0v) is 14.8. The number of nitrogens with zero attached hydrogens (tertiary/aromatic N) is 2. The monoisotopic (exact) mass is 348 g/mol. The Morgan fingerprint density at radius 3 is 2.46 bits per heavy atom. The predicted octanol–water partition coefficient (Wildman–Crippen LogP) is 4.82. The predicted molar refractivity (Wildman–Crippen MR) is 102 cm³/mol. The van der Waals surface area contributed by atoms with Crippen LogP contribution in [-0.2, 0) is 6.61 Å². The first-order valence-electron chi connectivity index (χ1n) is 9.41. The maximum Gasteiger partial charge on any atom is 0.132 e. The molecule has 0 bridgehead atoms. The summed E-state index contributed by atoms with van der Waals surface area (Å²) in [5.74, 6) is 1.17. The average molecular weight is 348 g/mol. The van der Waals surface area contributed by atoms with Gasteiger partial charge in [0.1, 0.15) is 12.4 Å². The van der Waals surface area contributed by atoms with E-state index in [0.717, 1.165) is 40.9 Å². The molecule has 134 valence electrons. The molecule has 0 saturated heterocycles. The number of para-hydroxylation sites is 2. The van der Waals surface area contributed by atoms with E-state index in [9.17, 15) is 5.11 Å². The van der Waals surface area contributed by atoms with Gasteiger partial charge in [0.25, 0.3) is 0 Å². The van der Waals surface area contributed by atoms with Crippen molar-refractivity contribution in [2.75, 3.05) is 0 Å². The summed E-state index contributed by atoms with van der Waals surface area (Å²) in [5, 5.41) is 10.6. The Kier molecular flexibility index (Phi) is 5.12. The topological polar surface area (TPSA) is 55.2 Å². The Morgan fingerprint density at radius 1 is 0.962 bits per heavy atom. The molecule has 1 atom stereocenters. The van der Waals surface area contributed by atoms with Crippen molar-refractivity contribution in [1.29, 1.82) is 0 Å². The van der Waals surface area contributed by atoms with Crippen molar-refractivity contribution in [1.82, 2.24) is 9.97 Å². The van der Waals surface area contributed by atoms with E-state index in [-0.39, 0.29) is 6.10 Å². The van der Waals surface area contributed by atoms with Gasteiger partial charge in [-0.2, -0.15) is 0 Å². The molecule has 3 aromatic rings. The molecule has 0 amide bonds. The smallest absolute Gasteiger partial charge is 0.132 e. The van der Waals surface area contributed by atoms with Crippen LogP contribution in [0.15, 0.2) is 54.7 Å². The van der Waals surface area contributed by atoms with Gasteiger partial charge in [0.2, 0.25) is 0 Å². The highest BCUT2D eigenvalue weighted by Gasteiger charge is 2.22. The summed E-state index contributed by atoms with van der Waals surface area (Å²) in [5.41, 5.74) is 3.54. The summed E-state index contributed by atoms with van der Waals surface area (Å²) in [7, 11) is 0. The second kappa shape index (κ2) is 7.83. The average Bonchev–Trinajstić information content (AvgIpc) is 2.72. The van der Waals surface area contributed by atoms with Crippen molar-refractivity contribution in [3.63, 3.8) is 0 Å². The van der Waals surface area contributed by atoms with Gasteiger partial charge in [0, 0.05) is 0 Å². The SMILES string of the molecule is OC(c1ccc(OCc2cnc3ccccc3n2)cc1)C1CCCCC1. The first-order valence-corrected chi connectivity index (χ1v) is 9.41. The van der Waals surface area contributed by atoms with Gasteiger partial charge < -0.3 is 9.84 Å². The Balaban J connectivity index is 1.38. The second-order valence-electron chi connectivity index (χ2n) is 7.05. The molecule has 4 heteroatoms. The molecule has 4 rings (SSSR count). The maximum atomic E-state index is 10.6. The summed E-state index contributed by atoms with van der Waals surface area (Å²) in [6, 6.07) is 15.6. The lowest BCUT2D eigenvalue weighted by Crippen LogP contribution is -2.15. The molecule has 1 N–H and O–H groups in total. The van der Waals surface area contributed by atoms with Gasteiger partial charge in [0.05, 0.1) is 29.0 Å². The van der Waals surface area contributed by atoms with Crippen LogP contribution in [0.25, 0.3) is 11.0 Å². The van der Waals surface area contributed by atoms with Crippen molar-refractivity contribution < 1.29 is 9.84 Å². The summed E-state index contributed by atoms with van der Waals surface area (Å²) >= 11 is 0. The molecule has 1 heterocycles. The van der Waals surface area contributed by atoms with Crippen LogP contribution in [0.3, 0.4) is 0 Å². The fraction of sp³-hybridized carbons (Fsp3) is 0.364. The molecule has 2 aromatic carbocycles. The van der Waals surface area contributed by atoms with Crippen LogP contribution in [-0.4, -0.2) is 15.1 Å². The number of hydrogen-bond donors (Lipinski definition) is 1. The number of fused-ring (bicyclic) bond motifs is 1. The van der Waals surface area contributed by atoms with Crippen molar-refractivity contribution in [2.45, 2.75) is 44.8 Å². The fourth-order valence-electron chi connectivity index (χ4n) is 3.71. The van der Waals surface area contributed by atoms with Crippen molar-refractivity contribution in [3.8, 4) is 5.75 Å². The minimum absolute atomic E-state index is 0.365. The van der Waals surface area contributed by atoms with Crippen molar-refractivity contribution in [2.24, 2.45) is 5.92 Å². The lowest BCUT2D eigenvalue weighted by Gasteiger charge is -2.26. The van der Waals surface area contributed by atoms with Gasteiger partial charge in [-0.05, 0) is 48.6 Å². The van der Waals surface area contributed by atoms with Crippen LogP contribution in [0.2, 0.25) is 0 Å². The number of aromatic nitrogens is 2. The van der Waals surface area contributed by atoms with Gasteiger partial charge in [-0.15, -0.1) is 0 Å². The van der Waals surface area contributed by atoms with Crippen LogP contribution in [0.5, 0.6) is 5.75 Å². The number of ether oxygens (including phenoxy) is 1. The van der Waals surface area contributed by atoms with Crippen LogP contribution in [0.1, 0.15) is 49.5 Å². The first kappa shape index (κ1) is 17.0. The maximum absolute atomic E-state index is 10.6. The molecule has 4 nitrogen and oxygen atoms in total. The third-order valence-electron chi connectivity index (χ3n) is 5.20. The molecule has 0 radical (unpaired) electrons. The number of aliphatic hydroxyl groups excluding tert-OH is 1. The number of rotatable bonds is 5. The van der Waals surface area contributed by atoms with E-state index in [0.29, 0.717) is 12.5 Å². The lowest BCUT2D eigenvalue weighted by molar-refractivity contribution is 0.0848. The van der Waals surface area contributed by atoms with E-state index in [1.54, 1.807) is 6.20 Å². The Bertz CT molecular complexity index is 857. The first-order chi connectivity index (χ1) is 12.8. The fourth-order valence-corrected chi connectivity index (χ4v) is 3.71. The third kappa shape index (κ3) is 3.86. The van der Waals surface area contributed by atoms with Gasteiger partial charge >= 0.3 is 0 Å². The molecule has 0 aliphatic heterocycles. The van der Waals surface area contributed by atoms with E-state index in [4.69, 9.17) is 4.74 Å². The second-order valence-corrected chi connectivity index (χ2v) is 7.05. The Morgan fingerprint density at radius 2 is 1.69 bits per heavy atom. The van der Waals surface area contributed by atoms with E-state index in [2.05, 4.69) is 9.97 Å². The van der Waals surface area contributed by atoms with Crippen LogP contribution in [0.4, 0.5) is 0 Å². The molecule has 1 aliphatic rings. The van der Waals surface area contributed by atoms with E-state index in [1.165, 1.54) is 19.3 Å². The third-order valence-corrected chi connectivity index (χ3v) is 5.20. The molecule has 0 spiro atoms.